The van der Waals surface area contributed by atoms with E-state index >= 15 is 0 Å². The largest absolute Gasteiger partial charge is 0.372 e. The molecule has 3 aliphatic rings. The maximum absolute atomic E-state index is 9.52. The molecule has 0 aromatic heterocycles. The number of hydrogen-bond donors (Lipinski definition) is 0. The molecule has 1 saturated carbocycles. The average molecular weight is 647 g/mol. The Morgan fingerprint density at radius 3 is 1.87 bits per heavy atom. The normalized spacial score (nSPS) is 31.2. The molecule has 10 atom stereocenters. The third-order valence-electron chi connectivity index (χ3n) is 8.09. The van der Waals surface area contributed by atoms with Crippen LogP contribution in [0.3, 0.4) is 0 Å². The molecule has 18 nitrogen and oxygen atoms in total. The zero-order valence-corrected chi connectivity index (χ0v) is 25.3. The highest BCUT2D eigenvalue weighted by Gasteiger charge is 2.50. The summed E-state index contributed by atoms with van der Waals surface area (Å²) in [6.07, 6.45) is -5.10. The first-order valence-electron chi connectivity index (χ1n) is 15.1. The summed E-state index contributed by atoms with van der Waals surface area (Å²) < 4.78 is 37.0. The molecule has 18 heteroatoms. The van der Waals surface area contributed by atoms with Crippen LogP contribution < -0.4 is 0 Å². The van der Waals surface area contributed by atoms with Crippen LogP contribution in [0.25, 0.3) is 41.8 Å². The highest BCUT2D eigenvalue weighted by atomic mass is 16.7. The summed E-state index contributed by atoms with van der Waals surface area (Å²) in [6.45, 7) is 1.07. The van der Waals surface area contributed by atoms with Gasteiger partial charge in [-0.05, 0) is 46.1 Å². The van der Waals surface area contributed by atoms with Crippen molar-refractivity contribution in [3.63, 3.8) is 0 Å². The van der Waals surface area contributed by atoms with Crippen LogP contribution in [0.15, 0.2) is 81.1 Å². The number of azide groups is 4. The molecule has 2 saturated heterocycles. The fourth-order valence-corrected chi connectivity index (χ4v) is 5.74. The van der Waals surface area contributed by atoms with Gasteiger partial charge >= 0.3 is 0 Å². The van der Waals surface area contributed by atoms with E-state index in [1.165, 1.54) is 0 Å². The highest BCUT2D eigenvalue weighted by molar-refractivity contribution is 5.15. The summed E-state index contributed by atoms with van der Waals surface area (Å²) in [5.41, 5.74) is 39.2. The molecular weight excluding hydrogens is 612 g/mol. The van der Waals surface area contributed by atoms with Gasteiger partial charge in [0.25, 0.3) is 0 Å². The Kier molecular flexibility index (Phi) is 12.5. The molecule has 0 bridgehead atoms. The van der Waals surface area contributed by atoms with Gasteiger partial charge in [0.1, 0.15) is 12.2 Å². The van der Waals surface area contributed by atoms with Gasteiger partial charge in [-0.1, -0.05) is 81.1 Å². The van der Waals surface area contributed by atoms with E-state index in [1.54, 1.807) is 0 Å². The van der Waals surface area contributed by atoms with Crippen molar-refractivity contribution < 1.29 is 28.4 Å². The Morgan fingerprint density at radius 1 is 0.681 bits per heavy atom. The fraction of sp³-hybridized carbons (Fsp3) is 0.586. The molecule has 0 amide bonds. The second kappa shape index (κ2) is 17.4. The van der Waals surface area contributed by atoms with E-state index < -0.39 is 54.9 Å². The van der Waals surface area contributed by atoms with Gasteiger partial charge in [-0.15, -0.1) is 0 Å². The Hall–Kier alpha value is -4.56. The lowest BCUT2D eigenvalue weighted by Gasteiger charge is -2.47. The third-order valence-corrected chi connectivity index (χ3v) is 8.09. The molecule has 1 unspecified atom stereocenters. The van der Waals surface area contributed by atoms with Crippen LogP contribution in [0, 0.1) is 0 Å². The van der Waals surface area contributed by atoms with Crippen molar-refractivity contribution >= 4 is 0 Å². The zero-order chi connectivity index (χ0) is 32.8. The maximum Gasteiger partial charge on any atom is 0.167 e. The van der Waals surface area contributed by atoms with Gasteiger partial charge in [-0.25, -0.2) is 0 Å². The summed E-state index contributed by atoms with van der Waals surface area (Å²) in [5.74, 6) is 0. The lowest BCUT2D eigenvalue weighted by molar-refractivity contribution is -0.280. The van der Waals surface area contributed by atoms with Gasteiger partial charge < -0.3 is 28.4 Å². The lowest BCUT2D eigenvalue weighted by Crippen LogP contribution is -2.60. The van der Waals surface area contributed by atoms with Crippen LogP contribution in [0.2, 0.25) is 0 Å². The predicted molar refractivity (Wildman–Crippen MR) is 165 cm³/mol. The van der Waals surface area contributed by atoms with E-state index in [-0.39, 0.29) is 45.3 Å². The van der Waals surface area contributed by atoms with E-state index in [0.717, 1.165) is 11.1 Å². The van der Waals surface area contributed by atoms with E-state index in [9.17, 15) is 16.6 Å². The first-order valence-corrected chi connectivity index (χ1v) is 15.1. The van der Waals surface area contributed by atoms with E-state index in [2.05, 4.69) is 40.1 Å². The van der Waals surface area contributed by atoms with Crippen molar-refractivity contribution in [1.29, 1.82) is 0 Å². The smallest absolute Gasteiger partial charge is 0.167 e. The fourth-order valence-electron chi connectivity index (χ4n) is 5.74. The van der Waals surface area contributed by atoms with Crippen LogP contribution in [0.5, 0.6) is 0 Å². The summed E-state index contributed by atoms with van der Waals surface area (Å²) >= 11 is 0. The second-order valence-electron chi connectivity index (χ2n) is 11.2. The van der Waals surface area contributed by atoms with E-state index in [0.29, 0.717) is 6.61 Å². The molecule has 5 rings (SSSR count). The molecule has 2 aromatic carbocycles. The number of ether oxygens (including phenoxy) is 6. The topological polar surface area (TPSA) is 254 Å². The van der Waals surface area contributed by atoms with Crippen LogP contribution in [0.4, 0.5) is 0 Å². The van der Waals surface area contributed by atoms with Gasteiger partial charge in [0, 0.05) is 19.6 Å². The first-order chi connectivity index (χ1) is 23.1. The van der Waals surface area contributed by atoms with Gasteiger partial charge in [-0.3, -0.25) is 0 Å². The van der Waals surface area contributed by atoms with Crippen LogP contribution in [0.1, 0.15) is 24.0 Å². The van der Waals surface area contributed by atoms with Crippen molar-refractivity contribution in [3.05, 3.63) is 114 Å². The van der Waals surface area contributed by atoms with Gasteiger partial charge in [0.2, 0.25) is 0 Å². The summed E-state index contributed by atoms with van der Waals surface area (Å²) in [6, 6.07) is 16.4. The monoisotopic (exact) mass is 646 g/mol. The van der Waals surface area contributed by atoms with Crippen LogP contribution in [-0.4, -0.2) is 80.8 Å². The molecule has 2 heterocycles. The molecule has 0 N–H and O–H groups in total. The minimum absolute atomic E-state index is 0.0801. The minimum atomic E-state index is -1.17. The Labute approximate surface area is 269 Å². The second-order valence-corrected chi connectivity index (χ2v) is 11.2. The van der Waals surface area contributed by atoms with Gasteiger partial charge in [0.15, 0.2) is 6.29 Å². The van der Waals surface area contributed by atoms with Crippen molar-refractivity contribution in [1.82, 2.24) is 0 Å². The number of hydrogen-bond acceptors (Lipinski definition) is 10. The number of rotatable bonds is 16. The summed E-state index contributed by atoms with van der Waals surface area (Å²) in [4.78, 5) is 11.9. The minimum Gasteiger partial charge on any atom is -0.372 e. The third kappa shape index (κ3) is 9.48. The standard InChI is InChI=1S/C29H34N12O6/c30-38-34-13-25-24(43-14-18-7-3-1-4-8-18)12-23(37-41-33)29(46-25)47-27-22(36-40-32)11-21(35-39-31)26(45-17-20-16-42-20)28(27)44-15-19-9-5-2-6-10-19/h1-10,20-29H,11-17H2/t20?,21-,22+,23-,24+,25-,26+,27-,28-,29-/m1/s1. The molecule has 2 aromatic rings. The molecule has 3 fully saturated rings. The SMILES string of the molecule is [N-]=[N+]=NC[C@H]1O[C@H](O[C@H]2[C@H](OCc3ccccc3)[C@@H](OCC3CO3)[C@H](N=[N+]=[N-])C[C@@H]2N=[N+]=[N-])[C@H](N=[N+]=[N-])C[C@@H]1OCc1ccccc1. The van der Waals surface area contributed by atoms with E-state index in [4.69, 9.17) is 34.0 Å². The maximum atomic E-state index is 9.52. The van der Waals surface area contributed by atoms with Crippen LogP contribution in [-0.2, 0) is 41.6 Å². The quantitative estimate of drug-likeness (QED) is 0.0887. The Balaban J connectivity index is 1.43. The Morgan fingerprint density at radius 2 is 1.28 bits per heavy atom. The molecule has 1 aliphatic carbocycles. The predicted octanol–water partition coefficient (Wildman–Crippen LogP) is 6.19. The number of epoxide rings is 1. The molecule has 0 radical (unpaired) electrons. The average Bonchev–Trinajstić information content (AvgIpc) is 3.93. The summed E-state index contributed by atoms with van der Waals surface area (Å²) in [7, 11) is 0. The first kappa shape index (κ1) is 33.8. The lowest BCUT2D eigenvalue weighted by atomic mass is 9.84. The summed E-state index contributed by atoms with van der Waals surface area (Å²) in [5, 5.41) is 15.6. The van der Waals surface area contributed by atoms with Gasteiger partial charge in [0.05, 0.1) is 75.5 Å². The molecular formula is C29H34N12O6. The van der Waals surface area contributed by atoms with Gasteiger partial charge in [-0.2, -0.15) is 0 Å². The molecule has 2 aliphatic heterocycles. The van der Waals surface area contributed by atoms with Crippen molar-refractivity contribution in [2.45, 2.75) is 87.1 Å². The molecule has 0 spiro atoms. The van der Waals surface area contributed by atoms with E-state index in [1.807, 2.05) is 60.7 Å². The zero-order valence-electron chi connectivity index (χ0n) is 25.3. The van der Waals surface area contributed by atoms with Crippen molar-refractivity contribution in [2.75, 3.05) is 19.8 Å². The van der Waals surface area contributed by atoms with Crippen molar-refractivity contribution in [3.8, 4) is 0 Å². The molecule has 47 heavy (non-hydrogen) atoms. The number of benzene rings is 2. The number of nitrogens with zero attached hydrogens (tertiary/aromatic N) is 12. The Bertz CT molecular complexity index is 1490. The molecule has 246 valence electrons. The highest BCUT2D eigenvalue weighted by Crippen LogP contribution is 2.36. The van der Waals surface area contributed by atoms with Crippen LogP contribution >= 0.6 is 0 Å². The van der Waals surface area contributed by atoms with Crippen molar-refractivity contribution in [2.24, 2.45) is 20.5 Å².